The second-order valence-electron chi connectivity index (χ2n) is 5.37. The average molecular weight is 311 g/mol. The van der Waals surface area contributed by atoms with E-state index in [9.17, 15) is 4.79 Å². The summed E-state index contributed by atoms with van der Waals surface area (Å²) in [5.74, 6) is 0.884. The Morgan fingerprint density at radius 3 is 2.87 bits per heavy atom. The van der Waals surface area contributed by atoms with E-state index in [1.165, 1.54) is 0 Å². The number of urea groups is 1. The lowest BCUT2D eigenvalue weighted by molar-refractivity contribution is 0.252. The number of carbonyl (C=O) groups is 1. The lowest BCUT2D eigenvalue weighted by Crippen LogP contribution is -2.27. The molecule has 1 heterocycles. The van der Waals surface area contributed by atoms with Gasteiger partial charge in [-0.1, -0.05) is 18.2 Å². The number of ether oxygens (including phenoxy) is 1. The fourth-order valence-electron chi connectivity index (χ4n) is 2.62. The third-order valence-corrected chi connectivity index (χ3v) is 3.72. The van der Waals surface area contributed by atoms with Crippen LogP contribution in [-0.2, 0) is 6.54 Å². The van der Waals surface area contributed by atoms with Gasteiger partial charge in [0.2, 0.25) is 0 Å². The molecule has 2 aromatic rings. The number of benzene rings is 2. The monoisotopic (exact) mass is 311 g/mol. The van der Waals surface area contributed by atoms with Crippen molar-refractivity contribution in [2.45, 2.75) is 13.5 Å². The van der Waals surface area contributed by atoms with Crippen LogP contribution in [0.4, 0.5) is 16.2 Å². The number of amides is 2. The van der Waals surface area contributed by atoms with E-state index in [4.69, 9.17) is 4.74 Å². The molecule has 23 heavy (non-hydrogen) atoms. The van der Waals surface area contributed by atoms with Crippen LogP contribution in [0.1, 0.15) is 12.5 Å². The van der Waals surface area contributed by atoms with Crippen LogP contribution in [-0.4, -0.2) is 25.7 Å². The number of hydrogen-bond donors (Lipinski definition) is 2. The number of hydrogen-bond acceptors (Lipinski definition) is 3. The third-order valence-electron chi connectivity index (χ3n) is 3.72. The van der Waals surface area contributed by atoms with E-state index >= 15 is 0 Å². The van der Waals surface area contributed by atoms with Gasteiger partial charge < -0.3 is 15.4 Å². The Labute approximate surface area is 136 Å². The van der Waals surface area contributed by atoms with Gasteiger partial charge in [-0.3, -0.25) is 4.90 Å². The van der Waals surface area contributed by atoms with Crippen LogP contribution >= 0.6 is 0 Å². The van der Waals surface area contributed by atoms with Crippen LogP contribution in [0.2, 0.25) is 0 Å². The van der Waals surface area contributed by atoms with Gasteiger partial charge in [0.25, 0.3) is 0 Å². The van der Waals surface area contributed by atoms with Crippen LogP contribution in [0.3, 0.4) is 0 Å². The van der Waals surface area contributed by atoms with Gasteiger partial charge >= 0.3 is 6.03 Å². The molecule has 5 heteroatoms. The maximum absolute atomic E-state index is 11.7. The van der Waals surface area contributed by atoms with E-state index in [-0.39, 0.29) is 6.03 Å². The van der Waals surface area contributed by atoms with E-state index in [1.807, 2.05) is 49.4 Å². The Balaban J connectivity index is 1.66. The summed E-state index contributed by atoms with van der Waals surface area (Å²) in [6, 6.07) is 15.9. The summed E-state index contributed by atoms with van der Waals surface area (Å²) < 4.78 is 5.52. The molecule has 0 aromatic heterocycles. The van der Waals surface area contributed by atoms with Crippen LogP contribution < -0.4 is 20.3 Å². The quantitative estimate of drug-likeness (QED) is 0.861. The Hall–Kier alpha value is -2.69. The van der Waals surface area contributed by atoms with Crippen molar-refractivity contribution in [2.75, 3.05) is 29.9 Å². The standard InChI is InChI=1S/C18H21N3O2/c1-2-23-17-8-3-5-14(11-17)13-20-15-6-4-7-16(12-15)21-10-9-19-18(21)22/h3-8,11-12,20H,2,9-10,13H2,1H3,(H,19,22). The molecule has 0 unspecified atom stereocenters. The zero-order valence-electron chi connectivity index (χ0n) is 13.2. The number of nitrogens with one attached hydrogen (secondary N) is 2. The predicted molar refractivity (Wildman–Crippen MR) is 92.1 cm³/mol. The summed E-state index contributed by atoms with van der Waals surface area (Å²) in [6.45, 7) is 4.75. The molecule has 0 aliphatic carbocycles. The topological polar surface area (TPSA) is 53.6 Å². The molecule has 0 radical (unpaired) electrons. The highest BCUT2D eigenvalue weighted by Gasteiger charge is 2.20. The Morgan fingerprint density at radius 1 is 1.22 bits per heavy atom. The van der Waals surface area contributed by atoms with Crippen molar-refractivity contribution in [2.24, 2.45) is 0 Å². The summed E-state index contributed by atoms with van der Waals surface area (Å²) in [5, 5.41) is 6.21. The SMILES string of the molecule is CCOc1cccc(CNc2cccc(N3CCNC3=O)c2)c1. The highest BCUT2D eigenvalue weighted by molar-refractivity contribution is 5.94. The molecule has 0 atom stereocenters. The summed E-state index contributed by atoms with van der Waals surface area (Å²) in [6.07, 6.45) is 0. The minimum atomic E-state index is -0.0356. The van der Waals surface area contributed by atoms with Crippen molar-refractivity contribution in [1.29, 1.82) is 0 Å². The van der Waals surface area contributed by atoms with Gasteiger partial charge in [-0.05, 0) is 42.8 Å². The lowest BCUT2D eigenvalue weighted by atomic mass is 10.2. The maximum atomic E-state index is 11.7. The van der Waals surface area contributed by atoms with Crippen molar-refractivity contribution < 1.29 is 9.53 Å². The molecular weight excluding hydrogens is 290 g/mol. The maximum Gasteiger partial charge on any atom is 0.321 e. The molecular formula is C18H21N3O2. The molecule has 3 rings (SSSR count). The Morgan fingerprint density at radius 2 is 2.09 bits per heavy atom. The molecule has 1 aliphatic rings. The van der Waals surface area contributed by atoms with Crippen LogP contribution in [0, 0.1) is 0 Å². The first-order chi connectivity index (χ1) is 11.3. The fraction of sp³-hybridized carbons (Fsp3) is 0.278. The summed E-state index contributed by atoms with van der Waals surface area (Å²) >= 11 is 0. The highest BCUT2D eigenvalue weighted by atomic mass is 16.5. The molecule has 1 saturated heterocycles. The Kier molecular flexibility index (Phi) is 4.66. The summed E-state index contributed by atoms with van der Waals surface area (Å²) in [5.41, 5.74) is 3.05. The second kappa shape index (κ2) is 7.05. The number of nitrogens with zero attached hydrogens (tertiary/aromatic N) is 1. The van der Waals surface area contributed by atoms with E-state index in [0.29, 0.717) is 26.2 Å². The average Bonchev–Trinajstić information content (AvgIpc) is 3.00. The largest absolute Gasteiger partial charge is 0.494 e. The zero-order valence-corrected chi connectivity index (χ0v) is 13.2. The van der Waals surface area contributed by atoms with Crippen molar-refractivity contribution >= 4 is 17.4 Å². The van der Waals surface area contributed by atoms with E-state index in [1.54, 1.807) is 4.90 Å². The summed E-state index contributed by atoms with van der Waals surface area (Å²) in [4.78, 5) is 13.5. The lowest BCUT2D eigenvalue weighted by Gasteiger charge is -2.16. The number of anilines is 2. The Bertz CT molecular complexity index is 687. The van der Waals surface area contributed by atoms with Gasteiger partial charge in [-0.2, -0.15) is 0 Å². The molecule has 0 bridgehead atoms. The fourth-order valence-corrected chi connectivity index (χ4v) is 2.62. The first-order valence-electron chi connectivity index (χ1n) is 7.87. The van der Waals surface area contributed by atoms with Crippen molar-refractivity contribution in [3.05, 3.63) is 54.1 Å². The minimum absolute atomic E-state index is 0.0356. The van der Waals surface area contributed by atoms with Crippen molar-refractivity contribution in [3.8, 4) is 5.75 Å². The molecule has 2 aromatic carbocycles. The first-order valence-corrected chi connectivity index (χ1v) is 7.87. The van der Waals surface area contributed by atoms with Gasteiger partial charge in [0, 0.05) is 31.0 Å². The van der Waals surface area contributed by atoms with Crippen molar-refractivity contribution in [3.63, 3.8) is 0 Å². The van der Waals surface area contributed by atoms with Gasteiger partial charge in [0.05, 0.1) is 6.61 Å². The molecule has 5 nitrogen and oxygen atoms in total. The zero-order chi connectivity index (χ0) is 16.1. The highest BCUT2D eigenvalue weighted by Crippen LogP contribution is 2.22. The third kappa shape index (κ3) is 3.74. The predicted octanol–water partition coefficient (Wildman–Crippen LogP) is 3.23. The molecule has 0 saturated carbocycles. The van der Waals surface area contributed by atoms with Crippen molar-refractivity contribution in [1.82, 2.24) is 5.32 Å². The van der Waals surface area contributed by atoms with Gasteiger partial charge in [0.1, 0.15) is 5.75 Å². The molecule has 120 valence electrons. The number of rotatable bonds is 6. The van der Waals surface area contributed by atoms with Crippen LogP contribution in [0.15, 0.2) is 48.5 Å². The molecule has 1 fully saturated rings. The molecule has 0 spiro atoms. The minimum Gasteiger partial charge on any atom is -0.494 e. The molecule has 2 N–H and O–H groups in total. The number of carbonyl (C=O) groups excluding carboxylic acids is 1. The van der Waals surface area contributed by atoms with Crippen LogP contribution in [0.25, 0.3) is 0 Å². The normalized spacial score (nSPS) is 13.8. The smallest absolute Gasteiger partial charge is 0.321 e. The van der Waals surface area contributed by atoms with E-state index in [0.717, 1.165) is 22.7 Å². The van der Waals surface area contributed by atoms with Gasteiger partial charge in [-0.25, -0.2) is 4.79 Å². The van der Waals surface area contributed by atoms with E-state index < -0.39 is 0 Å². The van der Waals surface area contributed by atoms with E-state index in [2.05, 4.69) is 16.7 Å². The van der Waals surface area contributed by atoms with Gasteiger partial charge in [-0.15, -0.1) is 0 Å². The second-order valence-corrected chi connectivity index (χ2v) is 5.37. The molecule has 1 aliphatic heterocycles. The van der Waals surface area contributed by atoms with Crippen LogP contribution in [0.5, 0.6) is 5.75 Å². The molecule has 2 amide bonds. The first kappa shape index (κ1) is 15.2. The summed E-state index contributed by atoms with van der Waals surface area (Å²) in [7, 11) is 0. The van der Waals surface area contributed by atoms with Gasteiger partial charge in [0.15, 0.2) is 0 Å².